The van der Waals surface area contributed by atoms with Gasteiger partial charge in [-0.1, -0.05) is 29.5 Å². The molecule has 0 aliphatic rings. The highest BCUT2D eigenvalue weighted by Gasteiger charge is 2.13. The molecule has 0 aliphatic carbocycles. The molecule has 1 heterocycles. The van der Waals surface area contributed by atoms with Gasteiger partial charge in [0, 0.05) is 5.56 Å². The normalized spacial score (nSPS) is 10.5. The lowest BCUT2D eigenvalue weighted by molar-refractivity contribution is 0.0600. The Balaban J connectivity index is 1.86. The zero-order valence-corrected chi connectivity index (χ0v) is 13.4. The molecule has 3 aromatic rings. The average molecular weight is 326 g/mol. The number of ether oxygens (including phenoxy) is 1. The van der Waals surface area contributed by atoms with E-state index in [1.54, 1.807) is 18.2 Å². The minimum atomic E-state index is -0.477. The minimum absolute atomic E-state index is 0.313. The highest BCUT2D eigenvalue weighted by atomic mass is 32.1. The maximum atomic E-state index is 12.3. The Morgan fingerprint density at radius 3 is 2.61 bits per heavy atom. The van der Waals surface area contributed by atoms with Crippen molar-refractivity contribution in [2.75, 3.05) is 12.4 Å². The molecule has 0 unspecified atom stereocenters. The summed E-state index contributed by atoms with van der Waals surface area (Å²) in [6, 6.07) is 12.3. The van der Waals surface area contributed by atoms with E-state index in [9.17, 15) is 9.59 Å². The van der Waals surface area contributed by atoms with Gasteiger partial charge < -0.3 is 4.74 Å². The molecule has 0 bridgehead atoms. The van der Waals surface area contributed by atoms with E-state index in [0.717, 1.165) is 15.8 Å². The van der Waals surface area contributed by atoms with Crippen LogP contribution in [0.1, 0.15) is 26.3 Å². The van der Waals surface area contributed by atoms with Gasteiger partial charge in [0.1, 0.15) is 0 Å². The zero-order chi connectivity index (χ0) is 16.4. The summed E-state index contributed by atoms with van der Waals surface area (Å²) >= 11 is 1.41. The molecule has 1 amide bonds. The number of hydrogen-bond acceptors (Lipinski definition) is 5. The number of nitrogens with one attached hydrogen (secondary N) is 1. The first-order chi connectivity index (χ1) is 11.1. The molecule has 0 saturated heterocycles. The Morgan fingerprint density at radius 1 is 1.13 bits per heavy atom. The van der Waals surface area contributed by atoms with Crippen molar-refractivity contribution in [3.63, 3.8) is 0 Å². The predicted octanol–water partition coefficient (Wildman–Crippen LogP) is 3.64. The van der Waals surface area contributed by atoms with Gasteiger partial charge in [-0.05, 0) is 36.8 Å². The Bertz CT molecular complexity index is 902. The second-order valence-corrected chi connectivity index (χ2v) is 6.00. The van der Waals surface area contributed by atoms with Crippen LogP contribution in [0.25, 0.3) is 10.2 Å². The molecule has 0 saturated carbocycles. The van der Waals surface area contributed by atoms with Crippen molar-refractivity contribution in [1.29, 1.82) is 0 Å². The molecule has 0 atom stereocenters. The fraction of sp³-hybridized carbons (Fsp3) is 0.118. The van der Waals surface area contributed by atoms with E-state index >= 15 is 0 Å². The number of hydrogen-bond donors (Lipinski definition) is 1. The molecular weight excluding hydrogens is 312 g/mol. The zero-order valence-electron chi connectivity index (χ0n) is 12.6. The fourth-order valence-electron chi connectivity index (χ4n) is 2.21. The number of nitrogens with zero attached hydrogens (tertiary/aromatic N) is 1. The van der Waals surface area contributed by atoms with Gasteiger partial charge in [-0.15, -0.1) is 0 Å². The molecule has 6 heteroatoms. The first-order valence-electron chi connectivity index (χ1n) is 6.94. The van der Waals surface area contributed by atoms with Crippen LogP contribution in [-0.2, 0) is 4.74 Å². The molecule has 1 N–H and O–H groups in total. The van der Waals surface area contributed by atoms with Crippen molar-refractivity contribution >= 4 is 38.6 Å². The van der Waals surface area contributed by atoms with Crippen LogP contribution in [0.15, 0.2) is 42.5 Å². The lowest BCUT2D eigenvalue weighted by Crippen LogP contribution is -2.13. The number of aryl methyl sites for hydroxylation is 1. The lowest BCUT2D eigenvalue weighted by Gasteiger charge is -2.04. The molecule has 2 aromatic carbocycles. The standard InChI is InChI=1S/C17H14N2O3S/c1-10-5-3-8-13-14(10)18-17(23-13)19-15(20)11-6-4-7-12(9-11)16(21)22-2/h3-9H,1-2H3,(H,18,19,20). The number of rotatable bonds is 3. The van der Waals surface area contributed by atoms with Crippen LogP contribution in [0.2, 0.25) is 0 Å². The Hall–Kier alpha value is -2.73. The van der Waals surface area contributed by atoms with Gasteiger partial charge in [-0.2, -0.15) is 0 Å². The summed E-state index contributed by atoms with van der Waals surface area (Å²) in [6.07, 6.45) is 0. The quantitative estimate of drug-likeness (QED) is 0.746. The third kappa shape index (κ3) is 3.07. The van der Waals surface area contributed by atoms with E-state index in [0.29, 0.717) is 16.3 Å². The Labute approximate surface area is 136 Å². The third-order valence-corrected chi connectivity index (χ3v) is 4.32. The summed E-state index contributed by atoms with van der Waals surface area (Å²) in [4.78, 5) is 28.3. The number of thiazole rings is 1. The number of aromatic nitrogens is 1. The molecule has 0 spiro atoms. The molecule has 0 fully saturated rings. The van der Waals surface area contributed by atoms with Gasteiger partial charge in [0.25, 0.3) is 5.91 Å². The molecule has 1 aromatic heterocycles. The van der Waals surface area contributed by atoms with Gasteiger partial charge in [0.15, 0.2) is 5.13 Å². The lowest BCUT2D eigenvalue weighted by atomic mass is 10.1. The SMILES string of the molecule is COC(=O)c1cccc(C(=O)Nc2nc3c(C)cccc3s2)c1. The van der Waals surface area contributed by atoms with Gasteiger partial charge in [-0.3, -0.25) is 10.1 Å². The Morgan fingerprint density at radius 2 is 1.87 bits per heavy atom. The van der Waals surface area contributed by atoms with E-state index in [4.69, 9.17) is 0 Å². The second kappa shape index (κ2) is 6.18. The predicted molar refractivity (Wildman–Crippen MR) is 90.1 cm³/mol. The van der Waals surface area contributed by atoms with E-state index < -0.39 is 5.97 Å². The molecule has 116 valence electrons. The van der Waals surface area contributed by atoms with Crippen molar-refractivity contribution in [3.05, 3.63) is 59.2 Å². The van der Waals surface area contributed by atoms with Gasteiger partial charge in [0.2, 0.25) is 0 Å². The molecule has 0 aliphatic heterocycles. The number of methoxy groups -OCH3 is 1. The van der Waals surface area contributed by atoms with Gasteiger partial charge >= 0.3 is 5.97 Å². The first-order valence-corrected chi connectivity index (χ1v) is 7.76. The number of carbonyl (C=O) groups is 2. The summed E-state index contributed by atoms with van der Waals surface area (Å²) in [7, 11) is 1.30. The molecule has 3 rings (SSSR count). The van der Waals surface area contributed by atoms with E-state index in [2.05, 4.69) is 15.0 Å². The number of benzene rings is 2. The number of carbonyl (C=O) groups excluding carboxylic acids is 2. The highest BCUT2D eigenvalue weighted by Crippen LogP contribution is 2.28. The van der Waals surface area contributed by atoms with Crippen LogP contribution in [0.4, 0.5) is 5.13 Å². The van der Waals surface area contributed by atoms with Crippen molar-refractivity contribution in [3.8, 4) is 0 Å². The van der Waals surface area contributed by atoms with E-state index in [1.165, 1.54) is 24.5 Å². The number of para-hydroxylation sites is 1. The largest absolute Gasteiger partial charge is 0.465 e. The van der Waals surface area contributed by atoms with Gasteiger partial charge in [0.05, 0.1) is 22.9 Å². The summed E-state index contributed by atoms with van der Waals surface area (Å²) in [5.74, 6) is -0.789. The third-order valence-electron chi connectivity index (χ3n) is 3.39. The van der Waals surface area contributed by atoms with Crippen LogP contribution in [0, 0.1) is 6.92 Å². The van der Waals surface area contributed by atoms with Crippen molar-refractivity contribution in [2.24, 2.45) is 0 Å². The van der Waals surface area contributed by atoms with Crippen LogP contribution in [-0.4, -0.2) is 24.0 Å². The number of esters is 1. The molecule has 23 heavy (non-hydrogen) atoms. The molecule has 0 radical (unpaired) electrons. The topological polar surface area (TPSA) is 68.3 Å². The van der Waals surface area contributed by atoms with Crippen molar-refractivity contribution in [1.82, 2.24) is 4.98 Å². The average Bonchev–Trinajstić information content (AvgIpc) is 2.98. The maximum absolute atomic E-state index is 12.3. The van der Waals surface area contributed by atoms with Crippen molar-refractivity contribution < 1.29 is 14.3 Å². The first kappa shape index (κ1) is 15.2. The smallest absolute Gasteiger partial charge is 0.337 e. The number of amides is 1. The minimum Gasteiger partial charge on any atom is -0.465 e. The molecule has 5 nitrogen and oxygen atoms in total. The maximum Gasteiger partial charge on any atom is 0.337 e. The summed E-state index contributed by atoms with van der Waals surface area (Å²) in [5, 5.41) is 3.31. The number of fused-ring (bicyclic) bond motifs is 1. The highest BCUT2D eigenvalue weighted by molar-refractivity contribution is 7.22. The van der Waals surface area contributed by atoms with Gasteiger partial charge in [-0.25, -0.2) is 9.78 Å². The van der Waals surface area contributed by atoms with Crippen LogP contribution in [0.5, 0.6) is 0 Å². The summed E-state index contributed by atoms with van der Waals surface area (Å²) < 4.78 is 5.68. The summed E-state index contributed by atoms with van der Waals surface area (Å²) in [6.45, 7) is 1.98. The van der Waals surface area contributed by atoms with E-state index in [-0.39, 0.29) is 5.91 Å². The monoisotopic (exact) mass is 326 g/mol. The Kier molecular flexibility index (Phi) is 4.08. The van der Waals surface area contributed by atoms with Crippen LogP contribution in [0.3, 0.4) is 0 Å². The second-order valence-electron chi connectivity index (χ2n) is 4.97. The fourth-order valence-corrected chi connectivity index (χ4v) is 3.15. The molecular formula is C17H14N2O3S. The number of anilines is 1. The van der Waals surface area contributed by atoms with Crippen LogP contribution < -0.4 is 5.32 Å². The summed E-state index contributed by atoms with van der Waals surface area (Å²) in [5.41, 5.74) is 2.66. The van der Waals surface area contributed by atoms with Crippen molar-refractivity contribution in [2.45, 2.75) is 6.92 Å². The van der Waals surface area contributed by atoms with E-state index in [1.807, 2.05) is 25.1 Å². The van der Waals surface area contributed by atoms with Crippen LogP contribution >= 0.6 is 11.3 Å².